The van der Waals surface area contributed by atoms with Crippen LogP contribution in [-0.2, 0) is 0 Å². The average molecular weight is 322 g/mol. The van der Waals surface area contributed by atoms with E-state index in [-0.39, 0.29) is 17.9 Å². The first-order valence-corrected chi connectivity index (χ1v) is 7.37. The Labute approximate surface area is 121 Å². The number of nitrogens with zero attached hydrogens (tertiary/aromatic N) is 1. The summed E-state index contributed by atoms with van der Waals surface area (Å²) in [6.07, 6.45) is 2.74. The van der Waals surface area contributed by atoms with Crippen molar-refractivity contribution in [3.05, 3.63) is 47.0 Å². The van der Waals surface area contributed by atoms with E-state index in [9.17, 15) is 9.59 Å². The number of carbonyl (C=O) groups excluding carboxylic acids is 2. The highest BCUT2D eigenvalue weighted by molar-refractivity contribution is 9.09. The van der Waals surface area contributed by atoms with Crippen LogP contribution in [0.15, 0.2) is 35.9 Å². The zero-order valence-electron chi connectivity index (χ0n) is 11.0. The van der Waals surface area contributed by atoms with Gasteiger partial charge in [-0.1, -0.05) is 39.7 Å². The number of carbonyl (C=O) groups is 2. The lowest BCUT2D eigenvalue weighted by Gasteiger charge is -2.21. The maximum atomic E-state index is 12.2. The minimum atomic E-state index is -0.182. The van der Waals surface area contributed by atoms with Crippen molar-refractivity contribution >= 4 is 27.7 Å². The van der Waals surface area contributed by atoms with Crippen molar-refractivity contribution in [3.8, 4) is 0 Å². The second-order valence-corrected chi connectivity index (χ2v) is 5.36. The van der Waals surface area contributed by atoms with Crippen molar-refractivity contribution in [2.24, 2.45) is 0 Å². The van der Waals surface area contributed by atoms with Crippen LogP contribution in [0.2, 0.25) is 0 Å². The standard InChI is InChI=1S/C15H16BrNO2/c1-10(9-16)7-8-11(2)17-14(18)12-5-3-4-6-13(12)15(17)19/h3-7,11H,8-9H2,1-2H3/b10-7+/t11-/m0/s1. The van der Waals surface area contributed by atoms with Crippen molar-refractivity contribution in [2.75, 3.05) is 5.33 Å². The number of alkyl halides is 1. The molecule has 100 valence electrons. The molecule has 0 radical (unpaired) electrons. The smallest absolute Gasteiger partial charge is 0.261 e. The lowest BCUT2D eigenvalue weighted by molar-refractivity contribution is 0.0598. The van der Waals surface area contributed by atoms with Crippen molar-refractivity contribution in [3.63, 3.8) is 0 Å². The Balaban J connectivity index is 2.20. The number of hydrogen-bond donors (Lipinski definition) is 0. The van der Waals surface area contributed by atoms with Gasteiger partial charge in [-0.05, 0) is 32.4 Å². The van der Waals surface area contributed by atoms with Gasteiger partial charge in [-0.3, -0.25) is 14.5 Å². The summed E-state index contributed by atoms with van der Waals surface area (Å²) in [6, 6.07) is 6.87. The third-order valence-electron chi connectivity index (χ3n) is 3.28. The van der Waals surface area contributed by atoms with Crippen LogP contribution >= 0.6 is 15.9 Å². The zero-order chi connectivity index (χ0) is 14.0. The van der Waals surface area contributed by atoms with Gasteiger partial charge in [-0.2, -0.15) is 0 Å². The van der Waals surface area contributed by atoms with Gasteiger partial charge in [0.05, 0.1) is 11.1 Å². The number of fused-ring (bicyclic) bond motifs is 1. The predicted molar refractivity (Wildman–Crippen MR) is 78.6 cm³/mol. The van der Waals surface area contributed by atoms with E-state index in [2.05, 4.69) is 22.0 Å². The molecule has 2 amide bonds. The molecular weight excluding hydrogens is 306 g/mol. The third-order valence-corrected chi connectivity index (χ3v) is 4.17. The van der Waals surface area contributed by atoms with E-state index in [1.807, 2.05) is 13.8 Å². The number of rotatable bonds is 4. The van der Waals surface area contributed by atoms with E-state index in [1.165, 1.54) is 10.5 Å². The molecule has 0 fully saturated rings. The van der Waals surface area contributed by atoms with Gasteiger partial charge >= 0.3 is 0 Å². The minimum Gasteiger partial charge on any atom is -0.271 e. The normalized spacial score (nSPS) is 16.8. The van der Waals surface area contributed by atoms with Gasteiger partial charge in [-0.15, -0.1) is 0 Å². The molecule has 0 saturated heterocycles. The van der Waals surface area contributed by atoms with E-state index in [0.717, 1.165) is 5.33 Å². The molecular formula is C15H16BrNO2. The first-order chi connectivity index (χ1) is 9.06. The first kappa shape index (κ1) is 14.0. The van der Waals surface area contributed by atoms with Crippen molar-refractivity contribution in [2.45, 2.75) is 26.3 Å². The Morgan fingerprint density at radius 2 is 1.79 bits per heavy atom. The maximum Gasteiger partial charge on any atom is 0.261 e. The van der Waals surface area contributed by atoms with Crippen molar-refractivity contribution < 1.29 is 9.59 Å². The third kappa shape index (κ3) is 2.63. The van der Waals surface area contributed by atoms with E-state index in [4.69, 9.17) is 0 Å². The molecule has 1 aromatic rings. The highest BCUT2D eigenvalue weighted by Crippen LogP contribution is 2.25. The predicted octanol–water partition coefficient (Wildman–Crippen LogP) is 3.40. The van der Waals surface area contributed by atoms with Crippen LogP contribution in [0.25, 0.3) is 0 Å². The Morgan fingerprint density at radius 3 is 2.26 bits per heavy atom. The molecule has 1 heterocycles. The molecule has 0 unspecified atom stereocenters. The van der Waals surface area contributed by atoms with E-state index >= 15 is 0 Å². The van der Waals surface area contributed by atoms with Crippen LogP contribution < -0.4 is 0 Å². The van der Waals surface area contributed by atoms with Gasteiger partial charge in [0.25, 0.3) is 11.8 Å². The van der Waals surface area contributed by atoms with Gasteiger partial charge < -0.3 is 0 Å². The van der Waals surface area contributed by atoms with Gasteiger partial charge in [0.1, 0.15) is 0 Å². The molecule has 19 heavy (non-hydrogen) atoms. The molecule has 0 aliphatic carbocycles. The maximum absolute atomic E-state index is 12.2. The Bertz CT molecular complexity index is 516. The van der Waals surface area contributed by atoms with Gasteiger partial charge in [0.15, 0.2) is 0 Å². The largest absolute Gasteiger partial charge is 0.271 e. The summed E-state index contributed by atoms with van der Waals surface area (Å²) in [7, 11) is 0. The number of amides is 2. The fraction of sp³-hybridized carbons (Fsp3) is 0.333. The SMILES string of the molecule is C/C(=C\C[C@H](C)N1C(=O)c2ccccc2C1=O)CBr. The summed E-state index contributed by atoms with van der Waals surface area (Å²) in [5.74, 6) is -0.365. The van der Waals surface area contributed by atoms with Gasteiger partial charge in [0, 0.05) is 11.4 Å². The van der Waals surface area contributed by atoms with Crippen LogP contribution in [-0.4, -0.2) is 28.1 Å². The summed E-state index contributed by atoms with van der Waals surface area (Å²) >= 11 is 3.38. The molecule has 3 nitrogen and oxygen atoms in total. The Hall–Kier alpha value is -1.42. The number of imide groups is 1. The van der Waals surface area contributed by atoms with Crippen molar-refractivity contribution in [1.82, 2.24) is 4.90 Å². The lowest BCUT2D eigenvalue weighted by atomic mass is 10.1. The highest BCUT2D eigenvalue weighted by Gasteiger charge is 2.37. The zero-order valence-corrected chi connectivity index (χ0v) is 12.6. The summed E-state index contributed by atoms with van der Waals surface area (Å²) in [4.78, 5) is 25.8. The molecule has 2 rings (SSSR count). The lowest BCUT2D eigenvalue weighted by Crippen LogP contribution is -2.37. The van der Waals surface area contributed by atoms with Crippen LogP contribution in [0.1, 0.15) is 41.0 Å². The molecule has 0 N–H and O–H groups in total. The summed E-state index contributed by atoms with van der Waals surface area (Å²) in [5, 5.41) is 0.807. The molecule has 0 bridgehead atoms. The molecule has 1 aliphatic heterocycles. The average Bonchev–Trinajstić information content (AvgIpc) is 2.68. The molecule has 4 heteroatoms. The van der Waals surface area contributed by atoms with Crippen LogP contribution in [0, 0.1) is 0 Å². The Kier molecular flexibility index (Phi) is 4.20. The van der Waals surface area contributed by atoms with Gasteiger partial charge in [0.2, 0.25) is 0 Å². The fourth-order valence-corrected chi connectivity index (χ4v) is 2.37. The Morgan fingerprint density at radius 1 is 1.26 bits per heavy atom. The number of halogens is 1. The summed E-state index contributed by atoms with van der Waals surface area (Å²) in [6.45, 7) is 3.92. The molecule has 0 spiro atoms. The van der Waals surface area contributed by atoms with Gasteiger partial charge in [-0.25, -0.2) is 0 Å². The minimum absolute atomic E-state index is 0.124. The quantitative estimate of drug-likeness (QED) is 0.484. The van der Waals surface area contributed by atoms with Crippen LogP contribution in [0.4, 0.5) is 0 Å². The number of benzene rings is 1. The van der Waals surface area contributed by atoms with Crippen LogP contribution in [0.5, 0.6) is 0 Å². The van der Waals surface area contributed by atoms with E-state index in [1.54, 1.807) is 24.3 Å². The first-order valence-electron chi connectivity index (χ1n) is 6.24. The van der Waals surface area contributed by atoms with Crippen LogP contribution in [0.3, 0.4) is 0 Å². The number of allylic oxidation sites excluding steroid dienone is 1. The fourth-order valence-electron chi connectivity index (χ4n) is 2.14. The van der Waals surface area contributed by atoms with E-state index < -0.39 is 0 Å². The second-order valence-electron chi connectivity index (χ2n) is 4.79. The second kappa shape index (κ2) is 5.70. The van der Waals surface area contributed by atoms with E-state index in [0.29, 0.717) is 17.5 Å². The topological polar surface area (TPSA) is 37.4 Å². The summed E-state index contributed by atoms with van der Waals surface area (Å²) < 4.78 is 0. The monoisotopic (exact) mass is 321 g/mol. The molecule has 0 saturated carbocycles. The summed E-state index contributed by atoms with van der Waals surface area (Å²) in [5.41, 5.74) is 2.23. The molecule has 0 aromatic heterocycles. The highest BCUT2D eigenvalue weighted by atomic mass is 79.9. The molecule has 1 atom stereocenters. The molecule has 1 aromatic carbocycles. The van der Waals surface area contributed by atoms with Crippen molar-refractivity contribution in [1.29, 1.82) is 0 Å². The number of hydrogen-bond acceptors (Lipinski definition) is 2. The molecule has 1 aliphatic rings.